The van der Waals surface area contributed by atoms with Gasteiger partial charge in [0.05, 0.1) is 24.2 Å². The second-order valence-electron chi connectivity index (χ2n) is 9.41. The van der Waals surface area contributed by atoms with E-state index in [9.17, 15) is 14.4 Å². The summed E-state index contributed by atoms with van der Waals surface area (Å²) in [5, 5.41) is 20.0. The Balaban J connectivity index is 1.17. The quantitative estimate of drug-likeness (QED) is 0.487. The fraction of sp³-hybridized carbons (Fsp3) is 0.542. The minimum atomic E-state index is -0.619. The van der Waals surface area contributed by atoms with Crippen LogP contribution in [0, 0.1) is 0 Å². The normalized spacial score (nSPS) is 21.5. The highest BCUT2D eigenvalue weighted by atomic mass is 16.3. The first-order valence-electron chi connectivity index (χ1n) is 12.3. The van der Waals surface area contributed by atoms with Crippen LogP contribution in [0.3, 0.4) is 0 Å². The summed E-state index contributed by atoms with van der Waals surface area (Å²) in [6.45, 7) is 6.36. The summed E-state index contributed by atoms with van der Waals surface area (Å²) in [6, 6.07) is 4.98. The number of hydrogen-bond donors (Lipinski definition) is 2. The van der Waals surface area contributed by atoms with E-state index in [-0.39, 0.29) is 24.8 Å². The molecule has 0 radical (unpaired) electrons. The molecule has 3 aliphatic heterocycles. The van der Waals surface area contributed by atoms with Gasteiger partial charge in [-0.3, -0.25) is 24.6 Å². The number of amides is 3. The minimum Gasteiger partial charge on any atom is -0.395 e. The van der Waals surface area contributed by atoms with E-state index in [1.807, 2.05) is 18.3 Å². The number of nitrogens with one attached hydrogen (secondary N) is 1. The number of carbonyl (C=O) groups excluding carboxylic acids is 3. The van der Waals surface area contributed by atoms with Gasteiger partial charge in [0.2, 0.25) is 11.8 Å². The van der Waals surface area contributed by atoms with Crippen LogP contribution >= 0.6 is 0 Å². The molecule has 11 heteroatoms. The van der Waals surface area contributed by atoms with Crippen molar-refractivity contribution >= 4 is 17.7 Å². The molecule has 2 N–H and O–H groups in total. The van der Waals surface area contributed by atoms with Crippen LogP contribution in [-0.4, -0.2) is 104 Å². The number of hydrogen-bond acceptors (Lipinski definition) is 8. The Morgan fingerprint density at radius 2 is 1.83 bits per heavy atom. The van der Waals surface area contributed by atoms with Crippen molar-refractivity contribution in [2.24, 2.45) is 0 Å². The lowest BCUT2D eigenvalue weighted by Gasteiger charge is -2.34. The average molecular weight is 482 g/mol. The van der Waals surface area contributed by atoms with E-state index in [2.05, 4.69) is 25.4 Å². The third-order valence-corrected chi connectivity index (χ3v) is 7.11. The molecule has 0 aliphatic carbocycles. The molecule has 2 saturated heterocycles. The molecule has 0 spiro atoms. The van der Waals surface area contributed by atoms with Crippen LogP contribution in [-0.2, 0) is 22.6 Å². The Morgan fingerprint density at radius 1 is 1.06 bits per heavy atom. The largest absolute Gasteiger partial charge is 0.395 e. The molecule has 11 nitrogen and oxygen atoms in total. The number of rotatable bonds is 8. The molecule has 3 aliphatic rings. The maximum Gasteiger partial charge on any atom is 0.255 e. The second kappa shape index (κ2) is 10.2. The first kappa shape index (κ1) is 23.6. The lowest BCUT2D eigenvalue weighted by Crippen LogP contribution is -2.52. The van der Waals surface area contributed by atoms with Gasteiger partial charge in [-0.1, -0.05) is 11.3 Å². The predicted octanol–water partition coefficient (Wildman–Crippen LogP) is -0.429. The molecule has 0 bridgehead atoms. The van der Waals surface area contributed by atoms with E-state index < -0.39 is 11.9 Å². The zero-order valence-electron chi connectivity index (χ0n) is 19.7. The summed E-state index contributed by atoms with van der Waals surface area (Å²) in [5.41, 5.74) is 3.08. The van der Waals surface area contributed by atoms with Gasteiger partial charge in [0.15, 0.2) is 0 Å². The van der Waals surface area contributed by atoms with E-state index in [0.717, 1.165) is 69.1 Å². The Kier molecular flexibility index (Phi) is 6.89. The number of benzene rings is 1. The number of nitrogens with zero attached hydrogens (tertiary/aromatic N) is 6. The van der Waals surface area contributed by atoms with Gasteiger partial charge in [0.25, 0.3) is 5.91 Å². The summed E-state index contributed by atoms with van der Waals surface area (Å²) in [7, 11) is 0. The van der Waals surface area contributed by atoms with E-state index in [0.29, 0.717) is 18.5 Å². The molecule has 1 aromatic heterocycles. The van der Waals surface area contributed by atoms with E-state index in [4.69, 9.17) is 5.11 Å². The molecular weight excluding hydrogens is 450 g/mol. The van der Waals surface area contributed by atoms with Crippen molar-refractivity contribution in [3.8, 4) is 5.69 Å². The highest BCUT2D eigenvalue weighted by Gasteiger charge is 2.39. The van der Waals surface area contributed by atoms with Crippen molar-refractivity contribution in [2.45, 2.75) is 38.3 Å². The Hall–Kier alpha value is -3.15. The van der Waals surface area contributed by atoms with Gasteiger partial charge in [0.1, 0.15) is 6.04 Å². The van der Waals surface area contributed by atoms with Gasteiger partial charge in [-0.15, -0.1) is 5.10 Å². The van der Waals surface area contributed by atoms with Gasteiger partial charge in [-0.25, -0.2) is 4.68 Å². The molecule has 3 amide bonds. The van der Waals surface area contributed by atoms with Gasteiger partial charge < -0.3 is 14.9 Å². The molecule has 2 fully saturated rings. The van der Waals surface area contributed by atoms with Crippen molar-refractivity contribution in [3.63, 3.8) is 0 Å². The number of piperidine rings is 1. The molecule has 0 saturated carbocycles. The van der Waals surface area contributed by atoms with Crippen LogP contribution in [0.5, 0.6) is 0 Å². The number of piperazine rings is 1. The third-order valence-electron chi connectivity index (χ3n) is 7.11. The first-order chi connectivity index (χ1) is 17.0. The molecule has 2 aromatic rings. The second-order valence-corrected chi connectivity index (χ2v) is 9.41. The average Bonchev–Trinajstić information content (AvgIpc) is 3.45. The van der Waals surface area contributed by atoms with Crippen LogP contribution < -0.4 is 5.32 Å². The fourth-order valence-electron chi connectivity index (χ4n) is 5.09. The SMILES string of the molecule is O=C1CCC(N2Cc3ccc(-n4cc(CCCN5CCN(CCO)CC5)nn4)cc3C2=O)C(=O)N1. The Bertz CT molecular complexity index is 1110. The van der Waals surface area contributed by atoms with Crippen molar-refractivity contribution in [1.29, 1.82) is 0 Å². The summed E-state index contributed by atoms with van der Waals surface area (Å²) in [4.78, 5) is 43.0. The highest BCUT2D eigenvalue weighted by Crippen LogP contribution is 2.29. The van der Waals surface area contributed by atoms with E-state index >= 15 is 0 Å². The predicted molar refractivity (Wildman–Crippen MR) is 126 cm³/mol. The van der Waals surface area contributed by atoms with Crippen molar-refractivity contribution in [3.05, 3.63) is 41.2 Å². The van der Waals surface area contributed by atoms with Crippen molar-refractivity contribution in [2.75, 3.05) is 45.9 Å². The zero-order chi connectivity index (χ0) is 24.4. The number of aromatic nitrogens is 3. The molecule has 1 aromatic carbocycles. The van der Waals surface area contributed by atoms with Crippen molar-refractivity contribution in [1.82, 2.24) is 35.0 Å². The third kappa shape index (κ3) is 5.12. The Labute approximate surface area is 203 Å². The maximum atomic E-state index is 13.1. The van der Waals surface area contributed by atoms with Crippen LogP contribution in [0.4, 0.5) is 0 Å². The lowest BCUT2D eigenvalue weighted by molar-refractivity contribution is -0.136. The van der Waals surface area contributed by atoms with E-state index in [1.54, 1.807) is 15.6 Å². The van der Waals surface area contributed by atoms with Gasteiger partial charge in [-0.2, -0.15) is 0 Å². The number of aryl methyl sites for hydroxylation is 1. The van der Waals surface area contributed by atoms with Crippen LogP contribution in [0.1, 0.15) is 40.9 Å². The molecule has 1 unspecified atom stereocenters. The molecular formula is C24H31N7O4. The number of imide groups is 1. The zero-order valence-corrected chi connectivity index (χ0v) is 19.7. The number of β-amino-alcohol motifs (C(OH)–C–C–N with tert-alkyl or cyclic N) is 1. The summed E-state index contributed by atoms with van der Waals surface area (Å²) in [5.74, 6) is -0.897. The molecule has 35 heavy (non-hydrogen) atoms. The van der Waals surface area contributed by atoms with E-state index in [1.165, 1.54) is 0 Å². The monoisotopic (exact) mass is 481 g/mol. The van der Waals surface area contributed by atoms with Crippen LogP contribution in [0.25, 0.3) is 5.69 Å². The van der Waals surface area contributed by atoms with Gasteiger partial charge in [-0.05, 0) is 43.5 Å². The standard InChI is InChI=1S/C24H31N7O4/c32-13-12-29-10-8-28(9-11-29)7-1-2-18-16-31(27-26-18)19-4-3-17-15-30(24(35)20(17)14-19)21-5-6-22(33)25-23(21)34/h3-4,14,16,21,32H,1-2,5-13,15H2,(H,25,33,34). The smallest absolute Gasteiger partial charge is 0.255 e. The summed E-state index contributed by atoms with van der Waals surface area (Å²) < 4.78 is 1.69. The summed E-state index contributed by atoms with van der Waals surface area (Å²) >= 11 is 0. The number of fused-ring (bicyclic) bond motifs is 1. The molecule has 5 rings (SSSR count). The molecule has 1 atom stereocenters. The highest BCUT2D eigenvalue weighted by molar-refractivity contribution is 6.05. The van der Waals surface area contributed by atoms with Gasteiger partial charge in [0, 0.05) is 51.3 Å². The summed E-state index contributed by atoms with van der Waals surface area (Å²) in [6.07, 6.45) is 4.30. The minimum absolute atomic E-state index is 0.198. The Morgan fingerprint density at radius 3 is 2.57 bits per heavy atom. The maximum absolute atomic E-state index is 13.1. The van der Waals surface area contributed by atoms with Crippen LogP contribution in [0.15, 0.2) is 24.4 Å². The fourth-order valence-corrected chi connectivity index (χ4v) is 5.09. The lowest BCUT2D eigenvalue weighted by atomic mass is 10.0. The van der Waals surface area contributed by atoms with Crippen molar-refractivity contribution < 1.29 is 19.5 Å². The molecule has 186 valence electrons. The number of aliphatic hydroxyl groups excluding tert-OH is 1. The number of carbonyl (C=O) groups is 3. The molecule has 4 heterocycles. The number of aliphatic hydroxyl groups is 1. The van der Waals surface area contributed by atoms with Gasteiger partial charge >= 0.3 is 0 Å². The first-order valence-corrected chi connectivity index (χ1v) is 12.3. The van der Waals surface area contributed by atoms with Crippen LogP contribution in [0.2, 0.25) is 0 Å². The topological polar surface area (TPSA) is 124 Å².